The summed E-state index contributed by atoms with van der Waals surface area (Å²) in [7, 11) is -2.59. The van der Waals surface area contributed by atoms with E-state index in [1.165, 1.54) is 12.1 Å². The molecule has 0 fully saturated rings. The van der Waals surface area contributed by atoms with Gasteiger partial charge in [-0.3, -0.25) is 0 Å². The zero-order chi connectivity index (χ0) is 11.3. The van der Waals surface area contributed by atoms with Crippen LogP contribution in [0.3, 0.4) is 0 Å². The van der Waals surface area contributed by atoms with Crippen LogP contribution in [0, 0.1) is 0 Å². The second kappa shape index (κ2) is 5.06. The fourth-order valence-corrected chi connectivity index (χ4v) is 1.16. The van der Waals surface area contributed by atoms with Crippen LogP contribution >= 0.6 is 0 Å². The van der Waals surface area contributed by atoms with Gasteiger partial charge in [0.2, 0.25) is 0 Å². The lowest BCUT2D eigenvalue weighted by atomic mass is 10.3. The van der Waals surface area contributed by atoms with E-state index in [1.807, 2.05) is 0 Å². The summed E-state index contributed by atoms with van der Waals surface area (Å²) in [6.07, 6.45) is 0.977. The van der Waals surface area contributed by atoms with Crippen molar-refractivity contribution in [1.82, 2.24) is 0 Å². The highest BCUT2D eigenvalue weighted by Crippen LogP contribution is 2.26. The molecule has 1 rings (SSSR count). The highest BCUT2D eigenvalue weighted by atomic mass is 32.2. The molecule has 6 heteroatoms. The Bertz CT molecular complexity index is 511. The Kier molecular flexibility index (Phi) is 3.75. The van der Waals surface area contributed by atoms with E-state index in [1.54, 1.807) is 12.1 Å². The van der Waals surface area contributed by atoms with Crippen molar-refractivity contribution in [2.24, 2.45) is 4.36 Å². The standard InChI is InChI=1S/C9H7NO4S/c1-2-9(11)14-8-6-4-3-5-7(8)10-15(12)13/h2-6H,1H2. The van der Waals surface area contributed by atoms with Crippen LogP contribution in [-0.4, -0.2) is 14.4 Å². The fraction of sp³-hybridized carbons (Fsp3) is 0. The summed E-state index contributed by atoms with van der Waals surface area (Å²) < 4.78 is 28.7. The van der Waals surface area contributed by atoms with Crippen LogP contribution in [0.2, 0.25) is 0 Å². The number of ether oxygens (including phenoxy) is 1. The van der Waals surface area contributed by atoms with Gasteiger partial charge in [0, 0.05) is 6.08 Å². The first-order valence-corrected chi connectivity index (χ1v) is 4.91. The van der Waals surface area contributed by atoms with Gasteiger partial charge in [-0.2, -0.15) is 8.42 Å². The summed E-state index contributed by atoms with van der Waals surface area (Å²) in [6.45, 7) is 3.22. The topological polar surface area (TPSA) is 72.8 Å². The van der Waals surface area contributed by atoms with Crippen LogP contribution in [-0.2, 0) is 15.3 Å². The first kappa shape index (κ1) is 11.1. The highest BCUT2D eigenvalue weighted by molar-refractivity contribution is 7.61. The minimum atomic E-state index is -2.59. The first-order valence-electron chi connectivity index (χ1n) is 3.88. The molecule has 0 heterocycles. The maximum atomic E-state index is 10.9. The van der Waals surface area contributed by atoms with Crippen molar-refractivity contribution < 1.29 is 17.9 Å². The van der Waals surface area contributed by atoms with Crippen molar-refractivity contribution in [2.75, 3.05) is 0 Å². The van der Waals surface area contributed by atoms with Gasteiger partial charge in [0.15, 0.2) is 5.75 Å². The molecule has 0 aliphatic carbocycles. The summed E-state index contributed by atoms with van der Waals surface area (Å²) in [4.78, 5) is 10.9. The van der Waals surface area contributed by atoms with Crippen molar-refractivity contribution in [3.8, 4) is 5.75 Å². The van der Waals surface area contributed by atoms with Gasteiger partial charge in [-0.25, -0.2) is 4.79 Å². The minimum absolute atomic E-state index is 0.0704. The summed E-state index contributed by atoms with van der Waals surface area (Å²) in [6, 6.07) is 6.03. The number of rotatable bonds is 3. The largest absolute Gasteiger partial charge is 0.421 e. The Balaban J connectivity index is 3.12. The van der Waals surface area contributed by atoms with E-state index in [4.69, 9.17) is 4.74 Å². The molecule has 0 aliphatic heterocycles. The molecule has 1 aromatic rings. The van der Waals surface area contributed by atoms with E-state index in [9.17, 15) is 13.2 Å². The van der Waals surface area contributed by atoms with Crippen molar-refractivity contribution >= 4 is 22.2 Å². The maximum absolute atomic E-state index is 10.9. The van der Waals surface area contributed by atoms with Gasteiger partial charge in [0.05, 0.1) is 0 Å². The van der Waals surface area contributed by atoms with Crippen molar-refractivity contribution in [3.63, 3.8) is 0 Å². The summed E-state index contributed by atoms with van der Waals surface area (Å²) >= 11 is 0. The third-order valence-corrected chi connectivity index (χ3v) is 1.76. The molecular weight excluding hydrogens is 218 g/mol. The number of hydrogen-bond acceptors (Lipinski definition) is 5. The van der Waals surface area contributed by atoms with Crippen LogP contribution in [0.1, 0.15) is 0 Å². The molecule has 0 saturated heterocycles. The quantitative estimate of drug-likeness (QED) is 0.443. The van der Waals surface area contributed by atoms with Crippen LogP contribution in [0.5, 0.6) is 5.75 Å². The molecular formula is C9H7NO4S. The molecule has 0 amide bonds. The van der Waals surface area contributed by atoms with Crippen molar-refractivity contribution in [2.45, 2.75) is 0 Å². The van der Waals surface area contributed by atoms with Gasteiger partial charge in [0.25, 0.3) is 0 Å². The molecule has 15 heavy (non-hydrogen) atoms. The Labute approximate surface area is 87.7 Å². The number of nitrogens with zero attached hydrogens (tertiary/aromatic N) is 1. The molecule has 0 aromatic heterocycles. The predicted molar refractivity (Wildman–Crippen MR) is 53.3 cm³/mol. The number of para-hydroxylation sites is 1. The molecule has 1 aromatic carbocycles. The lowest BCUT2D eigenvalue weighted by Gasteiger charge is -2.02. The molecule has 0 saturated carbocycles. The van der Waals surface area contributed by atoms with Gasteiger partial charge in [-0.1, -0.05) is 18.7 Å². The highest BCUT2D eigenvalue weighted by Gasteiger charge is 2.05. The van der Waals surface area contributed by atoms with E-state index in [2.05, 4.69) is 10.9 Å². The smallest absolute Gasteiger partial charge is 0.335 e. The van der Waals surface area contributed by atoms with Gasteiger partial charge >= 0.3 is 16.5 Å². The molecule has 78 valence electrons. The zero-order valence-corrected chi connectivity index (χ0v) is 8.40. The molecule has 0 radical (unpaired) electrons. The summed E-state index contributed by atoms with van der Waals surface area (Å²) in [5.74, 6) is -0.596. The normalized spacial score (nSPS) is 9.07. The Morgan fingerprint density at radius 2 is 2.07 bits per heavy atom. The number of hydrogen-bond donors (Lipinski definition) is 0. The maximum Gasteiger partial charge on any atom is 0.335 e. The van der Waals surface area contributed by atoms with Crippen molar-refractivity contribution in [3.05, 3.63) is 36.9 Å². The second-order valence-electron chi connectivity index (χ2n) is 2.40. The number of esters is 1. The molecule has 0 unspecified atom stereocenters. The molecule has 0 aliphatic rings. The van der Waals surface area contributed by atoms with E-state index < -0.39 is 16.5 Å². The van der Waals surface area contributed by atoms with E-state index in [-0.39, 0.29) is 11.4 Å². The monoisotopic (exact) mass is 225 g/mol. The van der Waals surface area contributed by atoms with E-state index >= 15 is 0 Å². The van der Waals surface area contributed by atoms with Gasteiger partial charge in [-0.15, -0.1) is 4.36 Å². The minimum Gasteiger partial charge on any atom is -0.421 e. The van der Waals surface area contributed by atoms with Crippen LogP contribution in [0.25, 0.3) is 0 Å². The molecule has 5 nitrogen and oxygen atoms in total. The number of carbonyl (C=O) groups excluding carboxylic acids is 1. The fourth-order valence-electron chi connectivity index (χ4n) is 0.849. The second-order valence-corrected chi connectivity index (χ2v) is 3.02. The lowest BCUT2D eigenvalue weighted by Crippen LogP contribution is -2.02. The van der Waals surface area contributed by atoms with Gasteiger partial charge in [-0.05, 0) is 12.1 Å². The van der Waals surface area contributed by atoms with Crippen LogP contribution in [0.4, 0.5) is 5.69 Å². The molecule has 0 N–H and O–H groups in total. The molecule has 0 bridgehead atoms. The van der Waals surface area contributed by atoms with Crippen molar-refractivity contribution in [1.29, 1.82) is 0 Å². The number of carbonyl (C=O) groups is 1. The first-order chi connectivity index (χ1) is 7.13. The van der Waals surface area contributed by atoms with Gasteiger partial charge < -0.3 is 4.74 Å². The predicted octanol–water partition coefficient (Wildman–Crippen LogP) is 1.47. The third-order valence-electron chi connectivity index (χ3n) is 1.42. The molecule has 0 atom stereocenters. The lowest BCUT2D eigenvalue weighted by molar-refractivity contribution is -0.128. The Hall–Kier alpha value is -1.95. The zero-order valence-electron chi connectivity index (χ0n) is 7.58. The number of benzene rings is 1. The summed E-state index contributed by atoms with van der Waals surface area (Å²) in [5, 5.41) is 0. The van der Waals surface area contributed by atoms with Crippen LogP contribution in [0.15, 0.2) is 41.3 Å². The average molecular weight is 225 g/mol. The van der Waals surface area contributed by atoms with Gasteiger partial charge in [0.1, 0.15) is 5.69 Å². The SMILES string of the molecule is C=CC(=O)Oc1ccccc1N=S(=O)=O. The Morgan fingerprint density at radius 3 is 2.67 bits per heavy atom. The Morgan fingerprint density at radius 1 is 1.40 bits per heavy atom. The van der Waals surface area contributed by atoms with E-state index in [0.717, 1.165) is 6.08 Å². The molecule has 0 spiro atoms. The average Bonchev–Trinajstić information content (AvgIpc) is 2.20. The summed E-state index contributed by atoms with van der Waals surface area (Å²) in [5.41, 5.74) is 0.0704. The van der Waals surface area contributed by atoms with E-state index in [0.29, 0.717) is 0 Å². The third kappa shape index (κ3) is 3.35. The van der Waals surface area contributed by atoms with Crippen LogP contribution < -0.4 is 4.74 Å².